The van der Waals surface area contributed by atoms with Crippen molar-refractivity contribution in [3.05, 3.63) is 60.6 Å². The topological polar surface area (TPSA) is 147 Å². The number of carbonyl (C=O) groups is 1. The fourth-order valence-electron chi connectivity index (χ4n) is 4.69. The Hall–Kier alpha value is -3.61. The molecule has 0 unspecified atom stereocenters. The number of ether oxygens (including phenoxy) is 1. The van der Waals surface area contributed by atoms with E-state index >= 15 is 0 Å². The van der Waals surface area contributed by atoms with E-state index in [1.54, 1.807) is 24.3 Å². The summed E-state index contributed by atoms with van der Waals surface area (Å²) < 4.78 is 32.0. The van der Waals surface area contributed by atoms with E-state index in [1.807, 2.05) is 13.0 Å². The number of aliphatic hydroxyl groups excluding tert-OH is 1. The number of pyridine rings is 1. The molecule has 1 aromatic carbocycles. The van der Waals surface area contributed by atoms with E-state index in [-0.39, 0.29) is 23.6 Å². The summed E-state index contributed by atoms with van der Waals surface area (Å²) >= 11 is 0. The number of amides is 2. The van der Waals surface area contributed by atoms with Crippen molar-refractivity contribution >= 4 is 27.4 Å². The first-order valence-corrected chi connectivity index (χ1v) is 14.5. The first kappa shape index (κ1) is 27.0. The van der Waals surface area contributed by atoms with E-state index in [0.717, 1.165) is 0 Å². The molecule has 1 aliphatic heterocycles. The third-order valence-corrected chi connectivity index (χ3v) is 9.58. The maximum atomic E-state index is 13.8. The Kier molecular flexibility index (Phi) is 7.78. The molecule has 206 valence electrons. The van der Waals surface area contributed by atoms with E-state index in [4.69, 9.17) is 19.8 Å². The summed E-state index contributed by atoms with van der Waals surface area (Å²) in [6, 6.07) is 11.6. The number of carbonyl (C=O) groups excluding carboxylic acids is 1. The normalized spacial score (nSPS) is 18.4. The lowest BCUT2D eigenvalue weighted by Crippen LogP contribution is -2.44. The molecule has 12 heteroatoms. The molecule has 0 radical (unpaired) electrons. The maximum absolute atomic E-state index is 13.8. The zero-order valence-corrected chi connectivity index (χ0v) is 22.5. The standard InChI is InChI=1S/C27H32N6O5S/c1-19-18-38-16-14-33(19)24-17-23(27(9-10-27)39(36,37)22-7-12-28-13-8-22)31-25(32-24)20-3-5-21(6-4-20)30-26(35)29-11-2-15-34/h3-8,12-13,17,19,34H,2,9-11,14-16,18H2,1H3,(H2,29,30,35)/t19-/m0/s1. The number of hydrogen-bond donors (Lipinski definition) is 3. The number of anilines is 2. The third kappa shape index (κ3) is 5.58. The molecule has 1 saturated carbocycles. The predicted octanol–water partition coefficient (Wildman–Crippen LogP) is 2.73. The van der Waals surface area contributed by atoms with Crippen LogP contribution in [-0.2, 0) is 19.3 Å². The first-order valence-electron chi connectivity index (χ1n) is 13.0. The number of sulfone groups is 1. The van der Waals surface area contributed by atoms with Gasteiger partial charge in [0, 0.05) is 49.4 Å². The largest absolute Gasteiger partial charge is 0.396 e. The van der Waals surface area contributed by atoms with Gasteiger partial charge < -0.3 is 25.4 Å². The van der Waals surface area contributed by atoms with Crippen LogP contribution >= 0.6 is 0 Å². The van der Waals surface area contributed by atoms with Gasteiger partial charge in [-0.2, -0.15) is 0 Å². The molecule has 11 nitrogen and oxygen atoms in total. The number of urea groups is 1. The monoisotopic (exact) mass is 552 g/mol. The second-order valence-corrected chi connectivity index (χ2v) is 12.0. The molecule has 39 heavy (non-hydrogen) atoms. The highest BCUT2D eigenvalue weighted by molar-refractivity contribution is 7.92. The maximum Gasteiger partial charge on any atom is 0.319 e. The molecule has 2 fully saturated rings. The summed E-state index contributed by atoms with van der Waals surface area (Å²) in [7, 11) is -3.71. The fourth-order valence-corrected chi connectivity index (χ4v) is 6.64. The van der Waals surface area contributed by atoms with Crippen molar-refractivity contribution in [2.75, 3.05) is 43.1 Å². The quantitative estimate of drug-likeness (QED) is 0.341. The van der Waals surface area contributed by atoms with Crippen molar-refractivity contribution in [3.63, 3.8) is 0 Å². The van der Waals surface area contributed by atoms with Crippen LogP contribution in [0.25, 0.3) is 11.4 Å². The lowest BCUT2D eigenvalue weighted by Gasteiger charge is -2.34. The average molecular weight is 553 g/mol. The van der Waals surface area contributed by atoms with E-state index < -0.39 is 14.6 Å². The van der Waals surface area contributed by atoms with Gasteiger partial charge in [0.15, 0.2) is 15.7 Å². The molecule has 2 amide bonds. The minimum Gasteiger partial charge on any atom is -0.396 e. The van der Waals surface area contributed by atoms with Crippen LogP contribution in [0.5, 0.6) is 0 Å². The number of aromatic nitrogens is 3. The zero-order chi connectivity index (χ0) is 27.5. The van der Waals surface area contributed by atoms with Crippen LogP contribution in [0.15, 0.2) is 59.8 Å². The Bertz CT molecular complexity index is 1410. The van der Waals surface area contributed by atoms with Crippen molar-refractivity contribution in [2.24, 2.45) is 0 Å². The number of nitrogens with one attached hydrogen (secondary N) is 2. The SMILES string of the molecule is C[C@H]1COCCN1c1cc(C2(S(=O)(=O)c3ccncc3)CC2)nc(-c2ccc(NC(=O)NCCCO)cc2)n1. The molecule has 5 rings (SSSR count). The Morgan fingerprint density at radius 1 is 1.15 bits per heavy atom. The molecular formula is C27H32N6O5S. The van der Waals surface area contributed by atoms with Gasteiger partial charge in [-0.05, 0) is 62.6 Å². The summed E-state index contributed by atoms with van der Waals surface area (Å²) in [5.74, 6) is 1.07. The molecule has 1 aliphatic carbocycles. The van der Waals surface area contributed by atoms with Crippen molar-refractivity contribution < 1.29 is 23.1 Å². The molecule has 3 N–H and O–H groups in total. The Morgan fingerprint density at radius 3 is 2.56 bits per heavy atom. The van der Waals surface area contributed by atoms with E-state index in [2.05, 4.69) is 20.5 Å². The minimum absolute atomic E-state index is 0.00437. The van der Waals surface area contributed by atoms with Gasteiger partial charge in [0.25, 0.3) is 0 Å². The molecule has 1 saturated heterocycles. The molecule has 2 aromatic heterocycles. The summed E-state index contributed by atoms with van der Waals surface area (Å²) in [6.45, 7) is 4.16. The number of morpholine rings is 1. The van der Waals surface area contributed by atoms with Crippen molar-refractivity contribution in [1.82, 2.24) is 20.3 Å². The van der Waals surface area contributed by atoms with Crippen molar-refractivity contribution in [3.8, 4) is 11.4 Å². The first-order chi connectivity index (χ1) is 18.8. The molecule has 3 heterocycles. The fraction of sp³-hybridized carbons (Fsp3) is 0.407. The van der Waals surface area contributed by atoms with E-state index in [9.17, 15) is 13.2 Å². The number of aliphatic hydroxyl groups is 1. The number of rotatable bonds is 9. The average Bonchev–Trinajstić information content (AvgIpc) is 3.77. The number of hydrogen-bond acceptors (Lipinski definition) is 9. The van der Waals surface area contributed by atoms with Crippen molar-refractivity contribution in [2.45, 2.75) is 41.9 Å². The lowest BCUT2D eigenvalue weighted by atomic mass is 10.1. The van der Waals surface area contributed by atoms with Crippen LogP contribution in [0.1, 0.15) is 31.9 Å². The highest BCUT2D eigenvalue weighted by Crippen LogP contribution is 2.55. The minimum atomic E-state index is -3.71. The zero-order valence-electron chi connectivity index (χ0n) is 21.7. The summed E-state index contributed by atoms with van der Waals surface area (Å²) in [5.41, 5.74) is 1.75. The Morgan fingerprint density at radius 2 is 1.90 bits per heavy atom. The smallest absolute Gasteiger partial charge is 0.319 e. The second kappa shape index (κ2) is 11.2. The van der Waals surface area contributed by atoms with Gasteiger partial charge in [0.2, 0.25) is 0 Å². The van der Waals surface area contributed by atoms with Crippen LogP contribution in [0.4, 0.5) is 16.3 Å². The summed E-state index contributed by atoms with van der Waals surface area (Å²) in [5, 5.41) is 14.3. The molecule has 2 aliphatic rings. The van der Waals surface area contributed by atoms with Crippen LogP contribution in [-0.4, -0.2) is 73.5 Å². The molecular weight excluding hydrogens is 520 g/mol. The molecule has 3 aromatic rings. The second-order valence-electron chi connectivity index (χ2n) is 9.77. The molecule has 1 atom stereocenters. The third-order valence-electron chi connectivity index (χ3n) is 7.04. The molecule has 0 spiro atoms. The van der Waals surface area contributed by atoms with Gasteiger partial charge in [-0.1, -0.05) is 0 Å². The van der Waals surface area contributed by atoms with Crippen LogP contribution in [0.3, 0.4) is 0 Å². The van der Waals surface area contributed by atoms with Gasteiger partial charge in [-0.25, -0.2) is 23.2 Å². The predicted molar refractivity (Wildman–Crippen MR) is 146 cm³/mol. The number of nitrogens with zero attached hydrogens (tertiary/aromatic N) is 4. The van der Waals surface area contributed by atoms with Crippen molar-refractivity contribution in [1.29, 1.82) is 0 Å². The molecule has 0 bridgehead atoms. The van der Waals surface area contributed by atoms with E-state index in [0.29, 0.717) is 74.2 Å². The van der Waals surface area contributed by atoms with Gasteiger partial charge >= 0.3 is 6.03 Å². The highest BCUT2D eigenvalue weighted by Gasteiger charge is 2.58. The Balaban J connectivity index is 1.50. The van der Waals surface area contributed by atoms with Gasteiger partial charge in [0.05, 0.1) is 29.8 Å². The highest BCUT2D eigenvalue weighted by atomic mass is 32.2. The van der Waals surface area contributed by atoms with Crippen LogP contribution < -0.4 is 15.5 Å². The van der Waals surface area contributed by atoms with E-state index in [1.165, 1.54) is 24.5 Å². The van der Waals surface area contributed by atoms with Crippen LogP contribution in [0, 0.1) is 0 Å². The number of benzene rings is 1. The lowest BCUT2D eigenvalue weighted by molar-refractivity contribution is 0.0985. The van der Waals surface area contributed by atoms with Gasteiger partial charge in [-0.15, -0.1) is 0 Å². The summed E-state index contributed by atoms with van der Waals surface area (Å²) in [6.07, 6.45) is 4.39. The van der Waals surface area contributed by atoms with Gasteiger partial charge in [-0.3, -0.25) is 4.98 Å². The summed E-state index contributed by atoms with van der Waals surface area (Å²) in [4.78, 5) is 28.0. The Labute approximate surface area is 227 Å². The van der Waals surface area contributed by atoms with Crippen LogP contribution in [0.2, 0.25) is 0 Å². The van der Waals surface area contributed by atoms with Gasteiger partial charge in [0.1, 0.15) is 10.6 Å².